The zero-order valence-electron chi connectivity index (χ0n) is 13.4. The fraction of sp³-hybridized carbons (Fsp3) is 0.200. The van der Waals surface area contributed by atoms with Crippen LogP contribution in [0.4, 0.5) is 10.1 Å². The van der Waals surface area contributed by atoms with Gasteiger partial charge >= 0.3 is 0 Å². The molecule has 1 aliphatic carbocycles. The van der Waals surface area contributed by atoms with Crippen molar-refractivity contribution in [2.24, 2.45) is 5.92 Å². The standard InChI is InChI=1S/C20H20FNO2/c1-14-12-16(21)4-11-20(14)22(17-5-9-19(24)10-6-17)13-15-2-7-18(23)8-3-15/h2-12,14,20,23-24H,13H2,1H3. The van der Waals surface area contributed by atoms with E-state index >= 15 is 0 Å². The van der Waals surface area contributed by atoms with E-state index in [2.05, 4.69) is 4.90 Å². The second-order valence-electron chi connectivity index (χ2n) is 6.07. The van der Waals surface area contributed by atoms with Gasteiger partial charge in [0.25, 0.3) is 0 Å². The van der Waals surface area contributed by atoms with Crippen LogP contribution in [0.2, 0.25) is 0 Å². The van der Waals surface area contributed by atoms with Crippen LogP contribution >= 0.6 is 0 Å². The monoisotopic (exact) mass is 325 g/mol. The van der Waals surface area contributed by atoms with Crippen LogP contribution in [0.15, 0.2) is 72.6 Å². The summed E-state index contributed by atoms with van der Waals surface area (Å²) in [6, 6.07) is 14.1. The normalized spacial score (nSPS) is 19.8. The van der Waals surface area contributed by atoms with Gasteiger partial charge in [-0.05, 0) is 54.1 Å². The second kappa shape index (κ2) is 6.79. The number of rotatable bonds is 4. The number of hydrogen-bond acceptors (Lipinski definition) is 3. The van der Waals surface area contributed by atoms with Crippen LogP contribution < -0.4 is 4.90 Å². The molecule has 2 unspecified atom stereocenters. The summed E-state index contributed by atoms with van der Waals surface area (Å²) in [5, 5.41) is 19.0. The predicted molar refractivity (Wildman–Crippen MR) is 93.7 cm³/mol. The molecule has 0 fully saturated rings. The topological polar surface area (TPSA) is 43.7 Å². The molecule has 2 aromatic rings. The first-order chi connectivity index (χ1) is 11.5. The third-order valence-electron chi connectivity index (χ3n) is 4.24. The summed E-state index contributed by atoms with van der Waals surface area (Å²) in [5.41, 5.74) is 1.98. The maximum Gasteiger partial charge on any atom is 0.119 e. The Balaban J connectivity index is 1.93. The minimum Gasteiger partial charge on any atom is -0.508 e. The summed E-state index contributed by atoms with van der Waals surface area (Å²) < 4.78 is 13.5. The molecule has 2 atom stereocenters. The number of anilines is 1. The number of hydrogen-bond donors (Lipinski definition) is 2. The summed E-state index contributed by atoms with van der Waals surface area (Å²) in [7, 11) is 0. The van der Waals surface area contributed by atoms with Crippen LogP contribution in [0.1, 0.15) is 12.5 Å². The van der Waals surface area contributed by atoms with E-state index in [0.29, 0.717) is 6.54 Å². The average Bonchev–Trinajstić information content (AvgIpc) is 2.56. The first kappa shape index (κ1) is 16.1. The molecule has 0 heterocycles. The number of nitrogens with zero attached hydrogens (tertiary/aromatic N) is 1. The molecule has 24 heavy (non-hydrogen) atoms. The molecular weight excluding hydrogens is 305 g/mol. The molecule has 0 radical (unpaired) electrons. The Morgan fingerprint density at radius 2 is 1.54 bits per heavy atom. The number of benzene rings is 2. The van der Waals surface area contributed by atoms with Crippen LogP contribution in [0, 0.1) is 5.92 Å². The SMILES string of the molecule is CC1C=C(F)C=CC1N(Cc1ccc(O)cc1)c1ccc(O)cc1. The zero-order valence-corrected chi connectivity index (χ0v) is 13.4. The highest BCUT2D eigenvalue weighted by Crippen LogP contribution is 2.30. The van der Waals surface area contributed by atoms with E-state index in [4.69, 9.17) is 0 Å². The molecule has 0 bridgehead atoms. The Kier molecular flexibility index (Phi) is 4.56. The van der Waals surface area contributed by atoms with Gasteiger partial charge in [0.2, 0.25) is 0 Å². The molecule has 1 aliphatic rings. The Bertz CT molecular complexity index is 750. The van der Waals surface area contributed by atoms with Crippen LogP contribution in [0.5, 0.6) is 11.5 Å². The third-order valence-corrected chi connectivity index (χ3v) is 4.24. The minimum absolute atomic E-state index is 0.00264. The van der Waals surface area contributed by atoms with Crippen molar-refractivity contribution in [3.05, 3.63) is 78.1 Å². The van der Waals surface area contributed by atoms with Crippen molar-refractivity contribution in [1.82, 2.24) is 0 Å². The lowest BCUT2D eigenvalue weighted by Gasteiger charge is -2.36. The Morgan fingerprint density at radius 3 is 2.12 bits per heavy atom. The van der Waals surface area contributed by atoms with Gasteiger partial charge in [-0.25, -0.2) is 4.39 Å². The Labute approximate surface area is 141 Å². The van der Waals surface area contributed by atoms with Crippen LogP contribution in [0.3, 0.4) is 0 Å². The van der Waals surface area contributed by atoms with Gasteiger partial charge < -0.3 is 15.1 Å². The molecule has 0 aliphatic heterocycles. The van der Waals surface area contributed by atoms with Crippen LogP contribution in [-0.2, 0) is 6.54 Å². The molecule has 0 saturated carbocycles. The summed E-state index contributed by atoms with van der Waals surface area (Å²) in [6.45, 7) is 2.60. The van der Waals surface area contributed by atoms with Crippen molar-refractivity contribution in [1.29, 1.82) is 0 Å². The van der Waals surface area contributed by atoms with Gasteiger partial charge in [0.15, 0.2) is 0 Å². The van der Waals surface area contributed by atoms with Gasteiger partial charge in [-0.1, -0.05) is 25.1 Å². The van der Waals surface area contributed by atoms with Gasteiger partial charge in [0.05, 0.1) is 6.04 Å². The van der Waals surface area contributed by atoms with Crippen LogP contribution in [-0.4, -0.2) is 16.3 Å². The van der Waals surface area contributed by atoms with E-state index in [-0.39, 0.29) is 29.3 Å². The number of phenols is 2. The molecule has 4 heteroatoms. The fourth-order valence-electron chi connectivity index (χ4n) is 2.97. The highest BCUT2D eigenvalue weighted by Gasteiger charge is 2.24. The van der Waals surface area contributed by atoms with Gasteiger partial charge in [-0.3, -0.25) is 0 Å². The average molecular weight is 325 g/mol. The lowest BCUT2D eigenvalue weighted by molar-refractivity contribution is 0.474. The van der Waals surface area contributed by atoms with Crippen molar-refractivity contribution in [2.75, 3.05) is 4.90 Å². The van der Waals surface area contributed by atoms with Crippen molar-refractivity contribution in [3.63, 3.8) is 0 Å². The number of phenolic OH excluding ortho intramolecular Hbond substituents is 2. The maximum atomic E-state index is 13.5. The lowest BCUT2D eigenvalue weighted by atomic mass is 9.94. The highest BCUT2D eigenvalue weighted by molar-refractivity contribution is 5.52. The van der Waals surface area contributed by atoms with Crippen molar-refractivity contribution < 1.29 is 14.6 Å². The molecule has 2 N–H and O–H groups in total. The first-order valence-corrected chi connectivity index (χ1v) is 7.92. The molecule has 0 saturated heterocycles. The molecule has 3 rings (SSSR count). The highest BCUT2D eigenvalue weighted by atomic mass is 19.1. The summed E-state index contributed by atoms with van der Waals surface area (Å²) in [6.07, 6.45) is 4.98. The third kappa shape index (κ3) is 3.59. The van der Waals surface area contributed by atoms with Gasteiger partial charge in [-0.2, -0.15) is 0 Å². The van der Waals surface area contributed by atoms with Gasteiger partial charge in [-0.15, -0.1) is 0 Å². The lowest BCUT2D eigenvalue weighted by Crippen LogP contribution is -2.38. The van der Waals surface area contributed by atoms with Crippen molar-refractivity contribution >= 4 is 5.69 Å². The van der Waals surface area contributed by atoms with E-state index in [0.717, 1.165) is 11.3 Å². The molecular formula is C20H20FNO2. The number of allylic oxidation sites excluding steroid dienone is 2. The van der Waals surface area contributed by atoms with E-state index in [1.807, 2.05) is 37.3 Å². The molecule has 0 spiro atoms. The second-order valence-corrected chi connectivity index (χ2v) is 6.07. The van der Waals surface area contributed by atoms with E-state index in [1.54, 1.807) is 30.3 Å². The predicted octanol–water partition coefficient (Wildman–Crippen LogP) is 4.53. The van der Waals surface area contributed by atoms with E-state index in [9.17, 15) is 14.6 Å². The van der Waals surface area contributed by atoms with Crippen LogP contribution in [0.25, 0.3) is 0 Å². The smallest absolute Gasteiger partial charge is 0.119 e. The van der Waals surface area contributed by atoms with Gasteiger partial charge in [0.1, 0.15) is 17.3 Å². The summed E-state index contributed by atoms with van der Waals surface area (Å²) in [5.74, 6) is 0.238. The molecule has 2 aromatic carbocycles. The maximum absolute atomic E-state index is 13.5. The quantitative estimate of drug-likeness (QED) is 0.868. The number of halogens is 1. The molecule has 0 aromatic heterocycles. The first-order valence-electron chi connectivity index (χ1n) is 7.92. The Hall–Kier alpha value is -2.75. The summed E-state index contributed by atoms with van der Waals surface area (Å²) in [4.78, 5) is 2.16. The largest absolute Gasteiger partial charge is 0.508 e. The van der Waals surface area contributed by atoms with E-state index in [1.165, 1.54) is 6.08 Å². The Morgan fingerprint density at radius 1 is 0.958 bits per heavy atom. The van der Waals surface area contributed by atoms with Crippen molar-refractivity contribution in [2.45, 2.75) is 19.5 Å². The minimum atomic E-state index is -0.214. The van der Waals surface area contributed by atoms with Crippen molar-refractivity contribution in [3.8, 4) is 11.5 Å². The summed E-state index contributed by atoms with van der Waals surface area (Å²) >= 11 is 0. The number of aromatic hydroxyl groups is 2. The fourth-order valence-corrected chi connectivity index (χ4v) is 2.97. The van der Waals surface area contributed by atoms with Gasteiger partial charge in [0, 0.05) is 18.2 Å². The molecule has 3 nitrogen and oxygen atoms in total. The molecule has 0 amide bonds. The zero-order chi connectivity index (χ0) is 17.1. The van der Waals surface area contributed by atoms with E-state index < -0.39 is 0 Å². The molecule has 124 valence electrons.